The monoisotopic (exact) mass is 237 g/mol. The zero-order chi connectivity index (χ0) is 12.3. The van der Waals surface area contributed by atoms with E-state index in [2.05, 4.69) is 14.9 Å². The van der Waals surface area contributed by atoms with Gasteiger partial charge >= 0.3 is 0 Å². The van der Waals surface area contributed by atoms with Crippen molar-refractivity contribution < 1.29 is 4.74 Å². The summed E-state index contributed by atoms with van der Waals surface area (Å²) >= 11 is 0. The van der Waals surface area contributed by atoms with Crippen molar-refractivity contribution in [3.05, 3.63) is 22.2 Å². The number of hydrogen-bond acceptors (Lipinski definition) is 4. The van der Waals surface area contributed by atoms with E-state index in [0.717, 1.165) is 37.8 Å². The van der Waals surface area contributed by atoms with Gasteiger partial charge in [-0.1, -0.05) is 13.8 Å². The van der Waals surface area contributed by atoms with Crippen molar-refractivity contribution >= 4 is 5.82 Å². The molecule has 17 heavy (non-hydrogen) atoms. The summed E-state index contributed by atoms with van der Waals surface area (Å²) < 4.78 is 5.40. The van der Waals surface area contributed by atoms with Crippen molar-refractivity contribution in [2.45, 2.75) is 26.2 Å². The number of nitrogens with one attached hydrogen (secondary N) is 1. The second kappa shape index (κ2) is 5.31. The van der Waals surface area contributed by atoms with E-state index in [1.165, 1.54) is 0 Å². The number of H-pyrrole nitrogens is 1. The molecule has 0 spiro atoms. The number of hydrogen-bond donors (Lipinski definition) is 1. The summed E-state index contributed by atoms with van der Waals surface area (Å²) in [5.74, 6) is 1.74. The lowest BCUT2D eigenvalue weighted by Gasteiger charge is -2.21. The van der Waals surface area contributed by atoms with E-state index in [4.69, 9.17) is 4.74 Å². The van der Waals surface area contributed by atoms with Gasteiger partial charge in [-0.05, 0) is 6.42 Å². The van der Waals surface area contributed by atoms with Gasteiger partial charge in [0.1, 0.15) is 11.6 Å². The quantitative estimate of drug-likeness (QED) is 0.837. The Morgan fingerprint density at radius 2 is 2.24 bits per heavy atom. The topological polar surface area (TPSA) is 58.2 Å². The first-order valence-corrected chi connectivity index (χ1v) is 6.11. The maximum atomic E-state index is 11.6. The van der Waals surface area contributed by atoms with Crippen LogP contribution in [-0.4, -0.2) is 36.3 Å². The second-order valence-electron chi connectivity index (χ2n) is 4.60. The predicted octanol–water partition coefficient (Wildman–Crippen LogP) is 1.12. The van der Waals surface area contributed by atoms with E-state index in [9.17, 15) is 4.79 Å². The average molecular weight is 237 g/mol. The molecule has 0 aromatic carbocycles. The highest BCUT2D eigenvalue weighted by Crippen LogP contribution is 2.14. The summed E-state index contributed by atoms with van der Waals surface area (Å²) in [4.78, 5) is 21.0. The molecule has 94 valence electrons. The highest BCUT2D eigenvalue weighted by Gasteiger charge is 2.13. The fraction of sp³-hybridized carbons (Fsp3) is 0.667. The number of nitrogens with zero attached hydrogens (tertiary/aromatic N) is 2. The molecule has 5 heteroatoms. The molecule has 0 aliphatic carbocycles. The average Bonchev–Trinajstić information content (AvgIpc) is 2.56. The van der Waals surface area contributed by atoms with E-state index >= 15 is 0 Å². The van der Waals surface area contributed by atoms with Crippen LogP contribution in [0.3, 0.4) is 0 Å². The van der Waals surface area contributed by atoms with Gasteiger partial charge in [-0.25, -0.2) is 4.98 Å². The van der Waals surface area contributed by atoms with Gasteiger partial charge in [-0.2, -0.15) is 0 Å². The Morgan fingerprint density at radius 1 is 1.41 bits per heavy atom. The Bertz CT molecular complexity index is 420. The van der Waals surface area contributed by atoms with Gasteiger partial charge in [-0.15, -0.1) is 0 Å². The largest absolute Gasteiger partial charge is 0.380 e. The first-order valence-electron chi connectivity index (χ1n) is 6.11. The summed E-state index contributed by atoms with van der Waals surface area (Å²) in [6, 6.07) is 1.57. The smallest absolute Gasteiger partial charge is 0.252 e. The summed E-state index contributed by atoms with van der Waals surface area (Å²) in [5, 5.41) is 0. The van der Waals surface area contributed by atoms with Gasteiger partial charge in [0.15, 0.2) is 0 Å². The molecular weight excluding hydrogens is 218 g/mol. The number of aromatic amines is 1. The van der Waals surface area contributed by atoms with Crippen LogP contribution in [0.25, 0.3) is 0 Å². The van der Waals surface area contributed by atoms with Crippen LogP contribution in [0.1, 0.15) is 32.0 Å². The third-order valence-electron chi connectivity index (χ3n) is 2.84. The molecule has 0 atom stereocenters. The van der Waals surface area contributed by atoms with Crippen LogP contribution < -0.4 is 10.5 Å². The van der Waals surface area contributed by atoms with Crippen molar-refractivity contribution in [1.82, 2.24) is 9.97 Å². The van der Waals surface area contributed by atoms with Gasteiger partial charge in [0.2, 0.25) is 0 Å². The first kappa shape index (κ1) is 12.1. The molecule has 5 nitrogen and oxygen atoms in total. The van der Waals surface area contributed by atoms with E-state index in [1.807, 2.05) is 13.8 Å². The number of aromatic nitrogens is 2. The lowest BCUT2D eigenvalue weighted by Crippen LogP contribution is -2.29. The van der Waals surface area contributed by atoms with Crippen molar-refractivity contribution in [2.24, 2.45) is 0 Å². The van der Waals surface area contributed by atoms with E-state index in [0.29, 0.717) is 6.61 Å². The van der Waals surface area contributed by atoms with E-state index in [1.54, 1.807) is 6.07 Å². The van der Waals surface area contributed by atoms with Crippen molar-refractivity contribution in [1.29, 1.82) is 0 Å². The van der Waals surface area contributed by atoms with Crippen LogP contribution in [0, 0.1) is 0 Å². The van der Waals surface area contributed by atoms with Gasteiger partial charge in [0.05, 0.1) is 6.61 Å². The summed E-state index contributed by atoms with van der Waals surface area (Å²) in [5.41, 5.74) is -0.0798. The lowest BCUT2D eigenvalue weighted by molar-refractivity contribution is 0.152. The molecule has 1 aliphatic rings. The maximum Gasteiger partial charge on any atom is 0.252 e. The number of ether oxygens (including phenoxy) is 1. The molecule has 0 amide bonds. The molecule has 0 bridgehead atoms. The standard InChI is InChI=1S/C12H19N3O2/c1-9(2)12-13-10(8-11(16)14-12)15-4-3-6-17-7-5-15/h8-9H,3-7H2,1-2H3,(H,13,14,16). The molecule has 2 rings (SSSR count). The Kier molecular flexibility index (Phi) is 3.78. The predicted molar refractivity (Wildman–Crippen MR) is 66.6 cm³/mol. The lowest BCUT2D eigenvalue weighted by atomic mass is 10.2. The molecule has 1 aromatic rings. The Morgan fingerprint density at radius 3 is 3.00 bits per heavy atom. The molecule has 1 N–H and O–H groups in total. The van der Waals surface area contributed by atoms with Crippen LogP contribution in [0.5, 0.6) is 0 Å². The molecule has 1 aliphatic heterocycles. The highest BCUT2D eigenvalue weighted by molar-refractivity contribution is 5.37. The molecule has 0 radical (unpaired) electrons. The van der Waals surface area contributed by atoms with Gasteiger partial charge in [-0.3, -0.25) is 4.79 Å². The Balaban J connectivity index is 2.27. The van der Waals surface area contributed by atoms with Crippen LogP contribution in [-0.2, 0) is 4.74 Å². The normalized spacial score (nSPS) is 17.2. The van der Waals surface area contributed by atoms with Gasteiger partial charge < -0.3 is 14.6 Å². The van der Waals surface area contributed by atoms with E-state index < -0.39 is 0 Å². The zero-order valence-corrected chi connectivity index (χ0v) is 10.4. The van der Waals surface area contributed by atoms with Crippen LogP contribution in [0.2, 0.25) is 0 Å². The highest BCUT2D eigenvalue weighted by atomic mass is 16.5. The van der Waals surface area contributed by atoms with Crippen molar-refractivity contribution in [3.63, 3.8) is 0 Å². The molecule has 1 aromatic heterocycles. The van der Waals surface area contributed by atoms with Crippen LogP contribution in [0.4, 0.5) is 5.82 Å². The minimum Gasteiger partial charge on any atom is -0.380 e. The first-order chi connectivity index (χ1) is 8.16. The molecule has 0 unspecified atom stereocenters. The molecule has 0 saturated carbocycles. The van der Waals surface area contributed by atoms with E-state index in [-0.39, 0.29) is 11.5 Å². The summed E-state index contributed by atoms with van der Waals surface area (Å²) in [7, 11) is 0. The SMILES string of the molecule is CC(C)c1nc(N2CCCOCC2)cc(=O)[nH]1. The minimum atomic E-state index is -0.0798. The second-order valence-corrected chi connectivity index (χ2v) is 4.60. The minimum absolute atomic E-state index is 0.0798. The molecule has 1 fully saturated rings. The molecule has 2 heterocycles. The van der Waals surface area contributed by atoms with Gasteiger partial charge in [0, 0.05) is 31.7 Å². The van der Waals surface area contributed by atoms with Gasteiger partial charge in [0.25, 0.3) is 5.56 Å². The van der Waals surface area contributed by atoms with Crippen molar-refractivity contribution in [2.75, 3.05) is 31.2 Å². The molecule has 1 saturated heterocycles. The van der Waals surface area contributed by atoms with Crippen LogP contribution >= 0.6 is 0 Å². The van der Waals surface area contributed by atoms with Crippen LogP contribution in [0.15, 0.2) is 10.9 Å². The Labute approximate surface area is 101 Å². The maximum absolute atomic E-state index is 11.6. The number of rotatable bonds is 2. The summed E-state index contributed by atoms with van der Waals surface area (Å²) in [6.07, 6.45) is 0.978. The number of anilines is 1. The summed E-state index contributed by atoms with van der Waals surface area (Å²) in [6.45, 7) is 7.23. The zero-order valence-electron chi connectivity index (χ0n) is 10.4. The fourth-order valence-corrected chi connectivity index (χ4v) is 1.87. The fourth-order valence-electron chi connectivity index (χ4n) is 1.87. The Hall–Kier alpha value is -1.36. The third kappa shape index (κ3) is 3.06. The third-order valence-corrected chi connectivity index (χ3v) is 2.84. The van der Waals surface area contributed by atoms with Crippen molar-refractivity contribution in [3.8, 4) is 0 Å². The molecular formula is C12H19N3O2.